The Morgan fingerprint density at radius 2 is 1.78 bits per heavy atom. The number of aromatic nitrogens is 2. The number of nitrogens with zero attached hydrogens (tertiary/aromatic N) is 2. The predicted octanol–water partition coefficient (Wildman–Crippen LogP) is 2.85. The van der Waals surface area contributed by atoms with Crippen molar-refractivity contribution in [2.24, 2.45) is 0 Å². The van der Waals surface area contributed by atoms with Crippen LogP contribution in [0.3, 0.4) is 0 Å². The van der Waals surface area contributed by atoms with Crippen molar-refractivity contribution in [3.8, 4) is 11.5 Å². The highest BCUT2D eigenvalue weighted by Gasteiger charge is 2.09. The zero-order valence-corrected chi connectivity index (χ0v) is 13.4. The Hall–Kier alpha value is -2.63. The Balaban J connectivity index is 1.96. The maximum absolute atomic E-state index is 12.0. The van der Waals surface area contributed by atoms with Crippen LogP contribution in [-0.4, -0.2) is 29.1 Å². The monoisotopic (exact) mass is 315 g/mol. The topological polar surface area (TPSA) is 73.3 Å². The highest BCUT2D eigenvalue weighted by Crippen LogP contribution is 2.30. The second kappa shape index (κ2) is 8.73. The van der Waals surface area contributed by atoms with Crippen molar-refractivity contribution in [1.29, 1.82) is 0 Å². The number of anilines is 1. The summed E-state index contributed by atoms with van der Waals surface area (Å²) in [7, 11) is 0. The fourth-order valence-corrected chi connectivity index (χ4v) is 2.07. The summed E-state index contributed by atoms with van der Waals surface area (Å²) in [4.78, 5) is 19.9. The van der Waals surface area contributed by atoms with Crippen molar-refractivity contribution in [2.75, 3.05) is 18.5 Å². The lowest BCUT2D eigenvalue weighted by molar-refractivity contribution is -0.116. The molecule has 2 rings (SSSR count). The number of rotatable bonds is 8. The normalized spacial score (nSPS) is 10.2. The van der Waals surface area contributed by atoms with Gasteiger partial charge in [0.25, 0.3) is 0 Å². The lowest BCUT2D eigenvalue weighted by Gasteiger charge is -2.13. The van der Waals surface area contributed by atoms with E-state index >= 15 is 0 Å². The summed E-state index contributed by atoms with van der Waals surface area (Å²) >= 11 is 0. The number of hydrogen-bond acceptors (Lipinski definition) is 5. The minimum absolute atomic E-state index is 0.0690. The standard InChI is InChI=1S/C17H21N3O3/c1-3-22-15-7-6-14(9-16(15)23-4-2)20-17(21)8-5-13-10-18-12-19-11-13/h6-7,9-12H,3-5,8H2,1-2H3,(H,20,21). The number of amides is 1. The molecule has 0 fully saturated rings. The fraction of sp³-hybridized carbons (Fsp3) is 0.353. The first-order valence-corrected chi connectivity index (χ1v) is 7.66. The van der Waals surface area contributed by atoms with E-state index in [4.69, 9.17) is 9.47 Å². The summed E-state index contributed by atoms with van der Waals surface area (Å²) in [6.07, 6.45) is 5.86. The molecule has 0 aliphatic carbocycles. The summed E-state index contributed by atoms with van der Waals surface area (Å²) in [5.41, 5.74) is 1.62. The molecule has 1 amide bonds. The SMILES string of the molecule is CCOc1ccc(NC(=O)CCc2cncnc2)cc1OCC. The van der Waals surface area contributed by atoms with Gasteiger partial charge in [-0.1, -0.05) is 0 Å². The molecule has 1 aromatic heterocycles. The van der Waals surface area contributed by atoms with Gasteiger partial charge in [-0.15, -0.1) is 0 Å². The van der Waals surface area contributed by atoms with Crippen molar-refractivity contribution < 1.29 is 14.3 Å². The third-order valence-electron chi connectivity index (χ3n) is 3.08. The zero-order valence-electron chi connectivity index (χ0n) is 13.4. The summed E-state index contributed by atoms with van der Waals surface area (Å²) in [6, 6.07) is 5.38. The minimum Gasteiger partial charge on any atom is -0.490 e. The smallest absolute Gasteiger partial charge is 0.224 e. The molecule has 23 heavy (non-hydrogen) atoms. The van der Waals surface area contributed by atoms with E-state index in [-0.39, 0.29) is 5.91 Å². The Kier molecular flexibility index (Phi) is 6.35. The molecule has 122 valence electrons. The minimum atomic E-state index is -0.0690. The van der Waals surface area contributed by atoms with Crippen LogP contribution < -0.4 is 14.8 Å². The van der Waals surface area contributed by atoms with E-state index in [0.717, 1.165) is 5.56 Å². The Bertz CT molecular complexity index is 632. The summed E-state index contributed by atoms with van der Waals surface area (Å²) in [5.74, 6) is 1.23. The maximum Gasteiger partial charge on any atom is 0.224 e. The molecule has 1 N–H and O–H groups in total. The summed E-state index contributed by atoms with van der Waals surface area (Å²) in [5, 5.41) is 2.86. The van der Waals surface area contributed by atoms with Crippen LogP contribution in [0.1, 0.15) is 25.8 Å². The van der Waals surface area contributed by atoms with Crippen LogP contribution in [-0.2, 0) is 11.2 Å². The van der Waals surface area contributed by atoms with Crippen LogP contribution in [0.5, 0.6) is 11.5 Å². The van der Waals surface area contributed by atoms with Gasteiger partial charge in [-0.25, -0.2) is 9.97 Å². The number of aryl methyl sites for hydroxylation is 1. The van der Waals surface area contributed by atoms with Gasteiger partial charge < -0.3 is 14.8 Å². The van der Waals surface area contributed by atoms with Crippen LogP contribution in [0.2, 0.25) is 0 Å². The van der Waals surface area contributed by atoms with Gasteiger partial charge in [0.15, 0.2) is 11.5 Å². The van der Waals surface area contributed by atoms with E-state index in [0.29, 0.717) is 43.2 Å². The highest BCUT2D eigenvalue weighted by atomic mass is 16.5. The molecule has 0 aliphatic heterocycles. The van der Waals surface area contributed by atoms with E-state index in [1.807, 2.05) is 13.8 Å². The van der Waals surface area contributed by atoms with Gasteiger partial charge in [0.05, 0.1) is 13.2 Å². The Labute approximate surface area is 135 Å². The molecule has 0 saturated carbocycles. The number of ether oxygens (including phenoxy) is 2. The van der Waals surface area contributed by atoms with Crippen molar-refractivity contribution >= 4 is 11.6 Å². The fourth-order valence-electron chi connectivity index (χ4n) is 2.07. The molecule has 0 bridgehead atoms. The molecule has 1 heterocycles. The molecule has 0 unspecified atom stereocenters. The number of benzene rings is 1. The predicted molar refractivity (Wildman–Crippen MR) is 87.8 cm³/mol. The molecule has 0 atom stereocenters. The molecule has 0 saturated heterocycles. The van der Waals surface area contributed by atoms with Crippen molar-refractivity contribution in [1.82, 2.24) is 9.97 Å². The third-order valence-corrected chi connectivity index (χ3v) is 3.08. The average molecular weight is 315 g/mol. The van der Waals surface area contributed by atoms with Gasteiger partial charge in [-0.3, -0.25) is 4.79 Å². The molecule has 0 spiro atoms. The molecule has 0 radical (unpaired) electrons. The van der Waals surface area contributed by atoms with Crippen molar-refractivity contribution in [3.63, 3.8) is 0 Å². The van der Waals surface area contributed by atoms with Gasteiger partial charge in [0.1, 0.15) is 6.33 Å². The Morgan fingerprint density at radius 1 is 1.09 bits per heavy atom. The van der Waals surface area contributed by atoms with Crippen LogP contribution in [0.15, 0.2) is 36.9 Å². The first-order chi connectivity index (χ1) is 11.2. The van der Waals surface area contributed by atoms with E-state index in [9.17, 15) is 4.79 Å². The highest BCUT2D eigenvalue weighted by molar-refractivity contribution is 5.91. The average Bonchev–Trinajstić information content (AvgIpc) is 2.57. The molecular formula is C17H21N3O3. The first-order valence-electron chi connectivity index (χ1n) is 7.66. The van der Waals surface area contributed by atoms with Crippen LogP contribution in [0.25, 0.3) is 0 Å². The summed E-state index contributed by atoms with van der Waals surface area (Å²) < 4.78 is 11.1. The lowest BCUT2D eigenvalue weighted by atomic mass is 10.2. The number of nitrogens with one attached hydrogen (secondary N) is 1. The van der Waals surface area contributed by atoms with Gasteiger partial charge in [0, 0.05) is 30.6 Å². The summed E-state index contributed by atoms with van der Waals surface area (Å²) in [6.45, 7) is 4.91. The third kappa shape index (κ3) is 5.25. The molecule has 6 heteroatoms. The second-order valence-corrected chi connectivity index (χ2v) is 4.82. The van der Waals surface area contributed by atoms with Gasteiger partial charge >= 0.3 is 0 Å². The molecule has 6 nitrogen and oxygen atoms in total. The van der Waals surface area contributed by atoms with E-state index in [1.54, 1.807) is 30.6 Å². The molecule has 1 aromatic carbocycles. The quantitative estimate of drug-likeness (QED) is 0.811. The molecule has 2 aromatic rings. The zero-order chi connectivity index (χ0) is 16.5. The molecular weight excluding hydrogens is 294 g/mol. The van der Waals surface area contributed by atoms with Crippen LogP contribution in [0, 0.1) is 0 Å². The number of hydrogen-bond donors (Lipinski definition) is 1. The lowest BCUT2D eigenvalue weighted by Crippen LogP contribution is -2.12. The van der Waals surface area contributed by atoms with Gasteiger partial charge in [-0.2, -0.15) is 0 Å². The van der Waals surface area contributed by atoms with Crippen LogP contribution in [0.4, 0.5) is 5.69 Å². The van der Waals surface area contributed by atoms with Crippen molar-refractivity contribution in [3.05, 3.63) is 42.5 Å². The van der Waals surface area contributed by atoms with E-state index in [2.05, 4.69) is 15.3 Å². The number of carbonyl (C=O) groups excluding carboxylic acids is 1. The second-order valence-electron chi connectivity index (χ2n) is 4.82. The van der Waals surface area contributed by atoms with Gasteiger partial charge in [-0.05, 0) is 38.0 Å². The van der Waals surface area contributed by atoms with Crippen LogP contribution >= 0.6 is 0 Å². The van der Waals surface area contributed by atoms with Gasteiger partial charge in [0.2, 0.25) is 5.91 Å². The maximum atomic E-state index is 12.0. The van der Waals surface area contributed by atoms with Crippen molar-refractivity contribution in [2.45, 2.75) is 26.7 Å². The largest absolute Gasteiger partial charge is 0.490 e. The number of carbonyl (C=O) groups is 1. The van der Waals surface area contributed by atoms with E-state index < -0.39 is 0 Å². The van der Waals surface area contributed by atoms with E-state index in [1.165, 1.54) is 6.33 Å². The molecule has 0 aliphatic rings. The Morgan fingerprint density at radius 3 is 2.48 bits per heavy atom. The first kappa shape index (κ1) is 16.7.